The van der Waals surface area contributed by atoms with Crippen LogP contribution in [0.25, 0.3) is 0 Å². The van der Waals surface area contributed by atoms with E-state index in [0.717, 1.165) is 44.2 Å². The van der Waals surface area contributed by atoms with Gasteiger partial charge in [0.15, 0.2) is 0 Å². The Labute approximate surface area is 94.1 Å². The number of phenolic OH excluding ortho intramolecular Hbond substituents is 1. The second-order valence-electron chi connectivity index (χ2n) is 4.91. The van der Waals surface area contributed by atoms with Crippen molar-refractivity contribution >= 4 is 0 Å². The first-order valence-corrected chi connectivity index (χ1v) is 5.71. The van der Waals surface area contributed by atoms with Crippen molar-refractivity contribution in [2.75, 3.05) is 0 Å². The van der Waals surface area contributed by atoms with Gasteiger partial charge in [-0.25, -0.2) is 8.78 Å². The number of rotatable bonds is 1. The minimum Gasteiger partial charge on any atom is -0.508 e. The van der Waals surface area contributed by atoms with Crippen molar-refractivity contribution in [3.63, 3.8) is 0 Å². The average Bonchev–Trinajstić information content (AvgIpc) is 2.16. The van der Waals surface area contributed by atoms with Crippen LogP contribution < -0.4 is 0 Å². The largest absolute Gasteiger partial charge is 0.508 e. The molecule has 1 aliphatic carbocycles. The molecule has 1 fully saturated rings. The molecule has 16 heavy (non-hydrogen) atoms. The molecule has 1 aromatic rings. The van der Waals surface area contributed by atoms with E-state index >= 15 is 0 Å². The number of halogens is 2. The van der Waals surface area contributed by atoms with Gasteiger partial charge in [0.1, 0.15) is 17.4 Å². The van der Waals surface area contributed by atoms with Crippen LogP contribution in [-0.2, 0) is 5.41 Å². The van der Waals surface area contributed by atoms with E-state index in [9.17, 15) is 8.78 Å². The van der Waals surface area contributed by atoms with Crippen molar-refractivity contribution < 1.29 is 13.9 Å². The fourth-order valence-electron chi connectivity index (χ4n) is 2.72. The fraction of sp³-hybridized carbons (Fsp3) is 0.538. The minimum atomic E-state index is -0.623. The zero-order chi connectivity index (χ0) is 11.8. The van der Waals surface area contributed by atoms with Gasteiger partial charge in [-0.05, 0) is 18.3 Å². The van der Waals surface area contributed by atoms with Crippen molar-refractivity contribution in [1.29, 1.82) is 0 Å². The molecule has 1 N–H and O–H groups in total. The third-order valence-corrected chi connectivity index (χ3v) is 3.59. The lowest BCUT2D eigenvalue weighted by molar-refractivity contribution is 0.297. The number of phenols is 1. The predicted octanol–water partition coefficient (Wildman–Crippen LogP) is 3.89. The zero-order valence-electron chi connectivity index (χ0n) is 9.39. The molecule has 0 atom stereocenters. The average molecular weight is 226 g/mol. The molecule has 0 heterocycles. The highest BCUT2D eigenvalue weighted by molar-refractivity contribution is 5.34. The van der Waals surface area contributed by atoms with Gasteiger partial charge in [-0.2, -0.15) is 0 Å². The van der Waals surface area contributed by atoms with Gasteiger partial charge < -0.3 is 5.11 Å². The van der Waals surface area contributed by atoms with Gasteiger partial charge in [-0.3, -0.25) is 0 Å². The first-order valence-electron chi connectivity index (χ1n) is 5.71. The summed E-state index contributed by atoms with van der Waals surface area (Å²) in [5.74, 6) is -1.60. The molecule has 0 radical (unpaired) electrons. The third kappa shape index (κ3) is 1.91. The molecule has 0 aromatic heterocycles. The minimum absolute atomic E-state index is 0.144. The van der Waals surface area contributed by atoms with Gasteiger partial charge >= 0.3 is 0 Å². The predicted molar refractivity (Wildman–Crippen MR) is 58.5 cm³/mol. The molecule has 88 valence electrons. The van der Waals surface area contributed by atoms with Crippen LogP contribution in [0, 0.1) is 11.6 Å². The number of hydrogen-bond acceptors (Lipinski definition) is 1. The Morgan fingerprint density at radius 2 is 1.56 bits per heavy atom. The third-order valence-electron chi connectivity index (χ3n) is 3.59. The summed E-state index contributed by atoms with van der Waals surface area (Å²) in [6.07, 6.45) is 4.78. The fourth-order valence-corrected chi connectivity index (χ4v) is 2.72. The Balaban J connectivity index is 2.46. The molecule has 0 saturated heterocycles. The summed E-state index contributed by atoms with van der Waals surface area (Å²) >= 11 is 0. The number of benzene rings is 1. The van der Waals surface area contributed by atoms with Crippen molar-refractivity contribution in [1.82, 2.24) is 0 Å². The topological polar surface area (TPSA) is 20.2 Å². The molecule has 0 spiro atoms. The van der Waals surface area contributed by atoms with Crippen LogP contribution in [0.1, 0.15) is 44.6 Å². The maximum atomic E-state index is 13.7. The van der Waals surface area contributed by atoms with Crippen molar-refractivity contribution in [2.45, 2.75) is 44.4 Å². The molecular weight excluding hydrogens is 210 g/mol. The van der Waals surface area contributed by atoms with Crippen LogP contribution in [0.4, 0.5) is 8.78 Å². The van der Waals surface area contributed by atoms with Gasteiger partial charge in [0, 0.05) is 17.7 Å². The molecule has 1 aliphatic rings. The van der Waals surface area contributed by atoms with E-state index in [2.05, 4.69) is 0 Å². The maximum absolute atomic E-state index is 13.7. The van der Waals surface area contributed by atoms with Gasteiger partial charge in [-0.15, -0.1) is 0 Å². The smallest absolute Gasteiger partial charge is 0.133 e. The van der Waals surface area contributed by atoms with Crippen LogP contribution in [0.2, 0.25) is 0 Å². The van der Waals surface area contributed by atoms with E-state index in [4.69, 9.17) is 5.11 Å². The van der Waals surface area contributed by atoms with E-state index in [-0.39, 0.29) is 11.3 Å². The highest BCUT2D eigenvalue weighted by atomic mass is 19.1. The lowest BCUT2D eigenvalue weighted by Gasteiger charge is -2.34. The number of aromatic hydroxyl groups is 1. The Morgan fingerprint density at radius 1 is 1.06 bits per heavy atom. The van der Waals surface area contributed by atoms with Crippen LogP contribution in [-0.4, -0.2) is 5.11 Å². The van der Waals surface area contributed by atoms with Crippen LogP contribution in [0.15, 0.2) is 12.1 Å². The quantitative estimate of drug-likeness (QED) is 0.770. The lowest BCUT2D eigenvalue weighted by Crippen LogP contribution is -2.27. The highest BCUT2D eigenvalue weighted by Gasteiger charge is 2.34. The first-order chi connectivity index (χ1) is 7.53. The van der Waals surface area contributed by atoms with Gasteiger partial charge in [0.25, 0.3) is 0 Å². The van der Waals surface area contributed by atoms with E-state index in [1.54, 1.807) is 0 Å². The van der Waals surface area contributed by atoms with Crippen molar-refractivity contribution in [3.05, 3.63) is 29.3 Å². The lowest BCUT2D eigenvalue weighted by atomic mass is 9.70. The first kappa shape index (κ1) is 11.4. The van der Waals surface area contributed by atoms with Gasteiger partial charge in [0.05, 0.1) is 0 Å². The van der Waals surface area contributed by atoms with Gasteiger partial charge in [0.2, 0.25) is 0 Å². The molecule has 2 rings (SSSR count). The second-order valence-corrected chi connectivity index (χ2v) is 4.91. The summed E-state index contributed by atoms with van der Waals surface area (Å²) in [5.41, 5.74) is -0.273. The van der Waals surface area contributed by atoms with Crippen LogP contribution >= 0.6 is 0 Å². The Hall–Kier alpha value is -1.12. The molecule has 3 heteroatoms. The molecule has 1 nitrogen and oxygen atoms in total. The monoisotopic (exact) mass is 226 g/mol. The zero-order valence-corrected chi connectivity index (χ0v) is 9.39. The SMILES string of the molecule is CC1(c2c(F)cc(O)cc2F)CCCCC1. The summed E-state index contributed by atoms with van der Waals surface area (Å²) in [6.45, 7) is 1.91. The maximum Gasteiger partial charge on any atom is 0.133 e. The molecule has 0 aliphatic heterocycles. The second kappa shape index (κ2) is 4.04. The summed E-state index contributed by atoms with van der Waals surface area (Å²) in [7, 11) is 0. The highest BCUT2D eigenvalue weighted by Crippen LogP contribution is 2.41. The van der Waals surface area contributed by atoms with Crippen molar-refractivity contribution in [2.24, 2.45) is 0 Å². The summed E-state index contributed by atoms with van der Waals surface area (Å²) < 4.78 is 27.5. The Kier molecular flexibility index (Phi) is 2.87. The summed E-state index contributed by atoms with van der Waals surface area (Å²) in [6, 6.07) is 2.00. The normalized spacial score (nSPS) is 19.7. The Bertz CT molecular complexity index is 372. The molecule has 0 unspecified atom stereocenters. The van der Waals surface area contributed by atoms with E-state index < -0.39 is 17.0 Å². The molecule has 0 bridgehead atoms. The molecule has 1 saturated carbocycles. The molecule has 0 amide bonds. The standard InChI is InChI=1S/C13H16F2O/c1-13(5-3-2-4-6-13)12-10(14)7-9(16)8-11(12)15/h7-8,16H,2-6H2,1H3. The van der Waals surface area contributed by atoms with E-state index in [1.165, 1.54) is 0 Å². The van der Waals surface area contributed by atoms with E-state index in [0.29, 0.717) is 0 Å². The van der Waals surface area contributed by atoms with Crippen LogP contribution in [0.5, 0.6) is 5.75 Å². The number of hydrogen-bond donors (Lipinski definition) is 1. The van der Waals surface area contributed by atoms with Crippen molar-refractivity contribution in [3.8, 4) is 5.75 Å². The molecule has 1 aromatic carbocycles. The molecular formula is C13H16F2O. The Morgan fingerprint density at radius 3 is 2.06 bits per heavy atom. The van der Waals surface area contributed by atoms with E-state index in [1.807, 2.05) is 6.92 Å². The summed E-state index contributed by atoms with van der Waals surface area (Å²) in [5, 5.41) is 9.12. The summed E-state index contributed by atoms with van der Waals surface area (Å²) in [4.78, 5) is 0. The van der Waals surface area contributed by atoms with Crippen LogP contribution in [0.3, 0.4) is 0 Å². The van der Waals surface area contributed by atoms with Gasteiger partial charge in [-0.1, -0.05) is 26.2 Å².